The van der Waals surface area contributed by atoms with E-state index < -0.39 is 0 Å². The van der Waals surface area contributed by atoms with E-state index in [1.54, 1.807) is 6.20 Å². The van der Waals surface area contributed by atoms with Crippen molar-refractivity contribution in [3.05, 3.63) is 154 Å². The minimum absolute atomic E-state index is 0. The maximum Gasteiger partial charge on any atom is 2.00 e. The van der Waals surface area contributed by atoms with Crippen LogP contribution in [0.5, 0.6) is 11.6 Å². The Morgan fingerprint density at radius 1 is 0.500 bits per heavy atom. The second-order valence-corrected chi connectivity index (χ2v) is 10.9. The Balaban J connectivity index is 0.00000312. The molecule has 4 aromatic carbocycles. The number of hydrogen-bond donors (Lipinski definition) is 0. The molecule has 0 spiro atoms. The van der Waals surface area contributed by atoms with E-state index in [2.05, 4.69) is 89.9 Å². The smallest absolute Gasteiger partial charge is 0.657 e. The van der Waals surface area contributed by atoms with Gasteiger partial charge in [0.15, 0.2) is 0 Å². The van der Waals surface area contributed by atoms with Crippen LogP contribution in [0.1, 0.15) is 22.3 Å². The van der Waals surface area contributed by atoms with E-state index in [0.717, 1.165) is 76.5 Å². The summed E-state index contributed by atoms with van der Waals surface area (Å²) in [6.45, 7) is 0. The Bertz CT molecular complexity index is 1970. The standard InChI is InChI=1S/C38H28N4O.Pt/c1-2-15-31-25(9-1)20-21-26-10-5-13-29(36(26)41-31)32-16-8-17-33(40-32)30-14-6-11-27-22-23-28-12-7-18-34(38(28)42-37(27)30)43-35-19-3-4-24-39-35;/h1-19,24H,20-23H2;/q-2;+2. The van der Waals surface area contributed by atoms with E-state index in [1.165, 1.54) is 16.7 Å². The molecule has 0 saturated heterocycles. The van der Waals surface area contributed by atoms with Crippen LogP contribution in [0.3, 0.4) is 0 Å². The van der Waals surface area contributed by atoms with Crippen molar-refractivity contribution in [1.29, 1.82) is 0 Å². The van der Waals surface area contributed by atoms with Gasteiger partial charge in [0.25, 0.3) is 0 Å². The quantitative estimate of drug-likeness (QED) is 0.180. The van der Waals surface area contributed by atoms with Gasteiger partial charge in [-0.25, -0.2) is 9.97 Å². The Kier molecular flexibility index (Phi) is 7.72. The molecule has 216 valence electrons. The average molecular weight is 752 g/mol. The van der Waals surface area contributed by atoms with Gasteiger partial charge < -0.3 is 15.4 Å². The second-order valence-electron chi connectivity index (χ2n) is 10.9. The van der Waals surface area contributed by atoms with Gasteiger partial charge >= 0.3 is 21.1 Å². The minimum Gasteiger partial charge on any atom is -0.657 e. The molecule has 2 aromatic heterocycles. The number of benzene rings is 4. The number of para-hydroxylation sites is 4. The molecule has 0 fully saturated rings. The van der Waals surface area contributed by atoms with Crippen LogP contribution in [0.25, 0.3) is 33.1 Å². The van der Waals surface area contributed by atoms with Gasteiger partial charge in [0, 0.05) is 12.3 Å². The third-order valence-electron chi connectivity index (χ3n) is 8.25. The summed E-state index contributed by atoms with van der Waals surface area (Å²) in [5.41, 5.74) is 12.6. The van der Waals surface area contributed by atoms with E-state index >= 15 is 0 Å². The van der Waals surface area contributed by atoms with Gasteiger partial charge in [0.2, 0.25) is 5.88 Å². The number of aryl methyl sites for hydroxylation is 4. The monoisotopic (exact) mass is 751 g/mol. The van der Waals surface area contributed by atoms with Gasteiger partial charge in [-0.1, -0.05) is 113 Å². The fraction of sp³-hybridized carbons (Fsp3) is 0.105. The maximum absolute atomic E-state index is 6.23. The first-order valence-corrected chi connectivity index (χ1v) is 14.7. The summed E-state index contributed by atoms with van der Waals surface area (Å²) in [6.07, 6.45) is 5.43. The second kappa shape index (κ2) is 12.1. The third kappa shape index (κ3) is 5.29. The van der Waals surface area contributed by atoms with Gasteiger partial charge in [0.1, 0.15) is 5.75 Å². The number of fused-ring (bicyclic) bond motifs is 4. The molecular formula is C38H28N4OPt. The van der Waals surface area contributed by atoms with Crippen LogP contribution in [0.2, 0.25) is 0 Å². The Labute approximate surface area is 271 Å². The summed E-state index contributed by atoms with van der Waals surface area (Å²) in [5.74, 6) is 1.25. The van der Waals surface area contributed by atoms with E-state index in [4.69, 9.17) is 20.4 Å². The molecule has 8 rings (SSSR count). The van der Waals surface area contributed by atoms with Crippen molar-refractivity contribution in [1.82, 2.24) is 9.97 Å². The number of pyridine rings is 2. The van der Waals surface area contributed by atoms with Crippen molar-refractivity contribution < 1.29 is 25.8 Å². The van der Waals surface area contributed by atoms with E-state index in [0.29, 0.717) is 11.6 Å². The Morgan fingerprint density at radius 2 is 1.07 bits per heavy atom. The fourth-order valence-electron chi connectivity index (χ4n) is 6.10. The fourth-order valence-corrected chi connectivity index (χ4v) is 6.10. The van der Waals surface area contributed by atoms with Crippen LogP contribution in [-0.2, 0) is 46.7 Å². The molecule has 6 aromatic rings. The minimum atomic E-state index is 0. The van der Waals surface area contributed by atoms with Gasteiger partial charge in [0.05, 0.1) is 11.4 Å². The SMILES string of the molecule is [Pt+2].c1ccc(Oc2cccc3c2[N-]c2c(cccc2-c2cccc(-c4cccc5c4[N-]c4ccccc4CC5)n2)CC3)nc1. The zero-order chi connectivity index (χ0) is 28.6. The first-order valence-electron chi connectivity index (χ1n) is 14.7. The first kappa shape index (κ1) is 28.1. The predicted molar refractivity (Wildman–Crippen MR) is 172 cm³/mol. The molecule has 0 atom stereocenters. The summed E-state index contributed by atoms with van der Waals surface area (Å²) < 4.78 is 6.23. The van der Waals surface area contributed by atoms with Crippen LogP contribution in [0, 0.1) is 0 Å². The summed E-state index contributed by atoms with van der Waals surface area (Å²) >= 11 is 0. The summed E-state index contributed by atoms with van der Waals surface area (Å²) in [7, 11) is 0. The van der Waals surface area contributed by atoms with Gasteiger partial charge in [-0.15, -0.1) is 17.1 Å². The first-order chi connectivity index (χ1) is 21.3. The zero-order valence-electron chi connectivity index (χ0n) is 23.9. The molecule has 0 radical (unpaired) electrons. The van der Waals surface area contributed by atoms with Crippen molar-refractivity contribution in [2.45, 2.75) is 25.7 Å². The normalized spacial score (nSPS) is 12.8. The van der Waals surface area contributed by atoms with Crippen molar-refractivity contribution in [3.8, 4) is 34.1 Å². The summed E-state index contributed by atoms with van der Waals surface area (Å²) in [6, 6.07) is 39.3. The van der Waals surface area contributed by atoms with Crippen molar-refractivity contribution >= 4 is 22.7 Å². The number of aromatic nitrogens is 2. The average Bonchev–Trinajstić information content (AvgIpc) is 3.38. The predicted octanol–water partition coefficient (Wildman–Crippen LogP) is 10.5. The number of nitrogens with zero attached hydrogens (tertiary/aromatic N) is 4. The number of hydrogen-bond acceptors (Lipinski definition) is 3. The van der Waals surface area contributed by atoms with Crippen molar-refractivity contribution in [3.63, 3.8) is 0 Å². The van der Waals surface area contributed by atoms with Gasteiger partial charge in [-0.05, 0) is 61.1 Å². The molecule has 0 unspecified atom stereocenters. The third-order valence-corrected chi connectivity index (χ3v) is 8.25. The van der Waals surface area contributed by atoms with Crippen molar-refractivity contribution in [2.24, 2.45) is 0 Å². The maximum atomic E-state index is 6.23. The molecule has 2 aliphatic heterocycles. The topological polar surface area (TPSA) is 63.2 Å². The number of rotatable bonds is 4. The Morgan fingerprint density at radius 3 is 1.77 bits per heavy atom. The molecule has 44 heavy (non-hydrogen) atoms. The molecule has 2 aliphatic rings. The number of ether oxygens (including phenoxy) is 1. The molecule has 0 amide bonds. The van der Waals surface area contributed by atoms with E-state index in [1.807, 2.05) is 30.3 Å². The molecule has 0 aliphatic carbocycles. The van der Waals surface area contributed by atoms with E-state index in [9.17, 15) is 0 Å². The van der Waals surface area contributed by atoms with Crippen LogP contribution >= 0.6 is 0 Å². The molecule has 6 heteroatoms. The molecule has 5 nitrogen and oxygen atoms in total. The molecule has 0 bridgehead atoms. The van der Waals surface area contributed by atoms with Crippen LogP contribution in [0.4, 0.5) is 22.7 Å². The molecule has 4 heterocycles. The van der Waals surface area contributed by atoms with Crippen LogP contribution < -0.4 is 4.74 Å². The molecule has 0 saturated carbocycles. The van der Waals surface area contributed by atoms with Crippen LogP contribution in [-0.4, -0.2) is 9.97 Å². The Hall–Kier alpha value is -4.73. The van der Waals surface area contributed by atoms with Gasteiger partial charge in [-0.2, -0.15) is 0 Å². The van der Waals surface area contributed by atoms with Crippen molar-refractivity contribution in [2.75, 3.05) is 0 Å². The zero-order valence-corrected chi connectivity index (χ0v) is 26.2. The van der Waals surface area contributed by atoms with Gasteiger partial charge in [-0.3, -0.25) is 0 Å². The summed E-state index contributed by atoms with van der Waals surface area (Å²) in [5, 5.41) is 10.4. The largest absolute Gasteiger partial charge is 2.00 e. The molecule has 0 N–H and O–H groups in total. The van der Waals surface area contributed by atoms with E-state index in [-0.39, 0.29) is 21.1 Å². The summed E-state index contributed by atoms with van der Waals surface area (Å²) in [4.78, 5) is 9.59. The molecular weight excluding hydrogens is 724 g/mol. The van der Waals surface area contributed by atoms with Crippen LogP contribution in [0.15, 0.2) is 121 Å².